The lowest BCUT2D eigenvalue weighted by Gasteiger charge is -2.33. The summed E-state index contributed by atoms with van der Waals surface area (Å²) in [6.07, 6.45) is 0.899. The largest absolute Gasteiger partial charge is 0.333 e. The lowest BCUT2D eigenvalue weighted by molar-refractivity contribution is 0.220. The maximum absolute atomic E-state index is 12.1. The number of anilines is 1. The van der Waals surface area contributed by atoms with E-state index in [1.54, 1.807) is 0 Å². The number of carbonyl (C=O) groups excluding carboxylic acids is 1. The molecule has 0 fully saturated rings. The normalized spacial score (nSPS) is 12.1. The monoisotopic (exact) mass is 277 g/mol. The van der Waals surface area contributed by atoms with Gasteiger partial charge in [0.05, 0.1) is 0 Å². The van der Waals surface area contributed by atoms with Crippen molar-refractivity contribution >= 4 is 11.7 Å². The molecule has 1 aromatic carbocycles. The van der Waals surface area contributed by atoms with Crippen LogP contribution in [0.1, 0.15) is 46.6 Å². The number of carbonyl (C=O) groups is 1. The average molecular weight is 277 g/mol. The smallest absolute Gasteiger partial charge is 0.319 e. The summed E-state index contributed by atoms with van der Waals surface area (Å²) in [5.41, 5.74) is 7.26. The number of rotatable bonds is 4. The van der Waals surface area contributed by atoms with Crippen LogP contribution in [0.4, 0.5) is 10.5 Å². The van der Waals surface area contributed by atoms with Crippen molar-refractivity contribution in [2.24, 2.45) is 11.1 Å². The van der Waals surface area contributed by atoms with E-state index in [9.17, 15) is 4.79 Å². The SMILES string of the molecule is CC(C)(C)CC(C)(C)NC(=O)Nc1cccc(CN)c1. The summed E-state index contributed by atoms with van der Waals surface area (Å²) in [6, 6.07) is 7.38. The Bertz CT molecular complexity index is 461. The van der Waals surface area contributed by atoms with Gasteiger partial charge >= 0.3 is 6.03 Å². The highest BCUT2D eigenvalue weighted by Crippen LogP contribution is 2.26. The zero-order valence-corrected chi connectivity index (χ0v) is 13.2. The molecule has 0 unspecified atom stereocenters. The molecule has 2 amide bonds. The molecule has 0 aliphatic heterocycles. The second kappa shape index (κ2) is 6.27. The van der Waals surface area contributed by atoms with Gasteiger partial charge in [0.25, 0.3) is 0 Å². The van der Waals surface area contributed by atoms with Crippen LogP contribution in [0.15, 0.2) is 24.3 Å². The molecule has 0 spiro atoms. The minimum Gasteiger partial charge on any atom is -0.333 e. The Morgan fingerprint density at radius 2 is 1.85 bits per heavy atom. The van der Waals surface area contributed by atoms with Gasteiger partial charge in [0.2, 0.25) is 0 Å². The molecule has 0 aliphatic rings. The Hall–Kier alpha value is -1.55. The van der Waals surface area contributed by atoms with Gasteiger partial charge in [-0.25, -0.2) is 4.79 Å². The van der Waals surface area contributed by atoms with E-state index in [0.29, 0.717) is 6.54 Å². The number of benzene rings is 1. The second-order valence-corrected chi connectivity index (χ2v) is 7.10. The Kier molecular flexibility index (Phi) is 5.17. The van der Waals surface area contributed by atoms with Gasteiger partial charge < -0.3 is 16.4 Å². The van der Waals surface area contributed by atoms with Gasteiger partial charge in [0, 0.05) is 17.8 Å². The third-order valence-electron chi connectivity index (χ3n) is 2.84. The van der Waals surface area contributed by atoms with Crippen LogP contribution >= 0.6 is 0 Å². The van der Waals surface area contributed by atoms with E-state index in [1.807, 2.05) is 38.1 Å². The Morgan fingerprint density at radius 3 is 2.40 bits per heavy atom. The molecular weight excluding hydrogens is 250 g/mol. The topological polar surface area (TPSA) is 67.2 Å². The van der Waals surface area contributed by atoms with E-state index in [4.69, 9.17) is 5.73 Å². The minimum atomic E-state index is -0.256. The number of hydrogen-bond donors (Lipinski definition) is 3. The Balaban J connectivity index is 2.63. The van der Waals surface area contributed by atoms with E-state index < -0.39 is 0 Å². The van der Waals surface area contributed by atoms with Crippen molar-refractivity contribution in [3.05, 3.63) is 29.8 Å². The van der Waals surface area contributed by atoms with Crippen LogP contribution in [0.25, 0.3) is 0 Å². The fourth-order valence-corrected chi connectivity index (χ4v) is 2.62. The van der Waals surface area contributed by atoms with Crippen molar-refractivity contribution in [3.8, 4) is 0 Å². The molecule has 0 heterocycles. The predicted molar refractivity (Wildman–Crippen MR) is 84.6 cm³/mol. The van der Waals surface area contributed by atoms with Crippen molar-refractivity contribution in [2.75, 3.05) is 5.32 Å². The van der Waals surface area contributed by atoms with Crippen molar-refractivity contribution in [3.63, 3.8) is 0 Å². The molecule has 0 atom stereocenters. The molecule has 4 heteroatoms. The predicted octanol–water partition coefficient (Wildman–Crippen LogP) is 3.48. The highest BCUT2D eigenvalue weighted by Gasteiger charge is 2.26. The molecule has 0 radical (unpaired) electrons. The number of urea groups is 1. The van der Waals surface area contributed by atoms with Crippen molar-refractivity contribution in [1.82, 2.24) is 5.32 Å². The molecule has 20 heavy (non-hydrogen) atoms. The highest BCUT2D eigenvalue weighted by atomic mass is 16.2. The molecule has 1 aromatic rings. The summed E-state index contributed by atoms with van der Waals surface area (Å²) >= 11 is 0. The summed E-state index contributed by atoms with van der Waals surface area (Å²) in [4.78, 5) is 12.1. The van der Waals surface area contributed by atoms with Crippen molar-refractivity contribution in [1.29, 1.82) is 0 Å². The lowest BCUT2D eigenvalue weighted by Crippen LogP contribution is -2.47. The van der Waals surface area contributed by atoms with Gasteiger partial charge in [-0.1, -0.05) is 32.9 Å². The Labute approximate surface area is 122 Å². The minimum absolute atomic E-state index is 0.163. The number of nitrogens with two attached hydrogens (primary N) is 1. The summed E-state index contributed by atoms with van der Waals surface area (Å²) in [7, 11) is 0. The highest BCUT2D eigenvalue weighted by molar-refractivity contribution is 5.89. The second-order valence-electron chi connectivity index (χ2n) is 7.10. The lowest BCUT2D eigenvalue weighted by atomic mass is 9.82. The van der Waals surface area contributed by atoms with E-state index in [1.165, 1.54) is 0 Å². The molecule has 112 valence electrons. The van der Waals surface area contributed by atoms with E-state index >= 15 is 0 Å². The molecule has 0 saturated carbocycles. The van der Waals surface area contributed by atoms with E-state index in [-0.39, 0.29) is 17.0 Å². The summed E-state index contributed by atoms with van der Waals surface area (Å²) in [5.74, 6) is 0. The zero-order valence-electron chi connectivity index (χ0n) is 13.2. The molecule has 0 aromatic heterocycles. The maximum atomic E-state index is 12.1. The third-order valence-corrected chi connectivity index (χ3v) is 2.84. The van der Waals surface area contributed by atoms with Gasteiger partial charge in [0.1, 0.15) is 0 Å². The van der Waals surface area contributed by atoms with Gasteiger partial charge in [0.15, 0.2) is 0 Å². The van der Waals surface area contributed by atoms with Crippen LogP contribution < -0.4 is 16.4 Å². The molecule has 0 saturated heterocycles. The maximum Gasteiger partial charge on any atom is 0.319 e. The zero-order chi connectivity index (χ0) is 15.4. The average Bonchev–Trinajstić information content (AvgIpc) is 2.24. The van der Waals surface area contributed by atoms with Crippen LogP contribution in [0.3, 0.4) is 0 Å². The quantitative estimate of drug-likeness (QED) is 0.788. The van der Waals surface area contributed by atoms with Crippen LogP contribution in [0.2, 0.25) is 0 Å². The first-order valence-corrected chi connectivity index (χ1v) is 6.99. The molecule has 1 rings (SSSR count). The molecular formula is C16H27N3O. The van der Waals surface area contributed by atoms with Crippen LogP contribution in [0.5, 0.6) is 0 Å². The van der Waals surface area contributed by atoms with Gasteiger partial charge in [-0.3, -0.25) is 0 Å². The fourth-order valence-electron chi connectivity index (χ4n) is 2.62. The van der Waals surface area contributed by atoms with Crippen LogP contribution in [-0.2, 0) is 6.54 Å². The van der Waals surface area contributed by atoms with E-state index in [0.717, 1.165) is 17.7 Å². The summed E-state index contributed by atoms with van der Waals surface area (Å²) in [5, 5.41) is 5.87. The first-order valence-electron chi connectivity index (χ1n) is 6.99. The Morgan fingerprint density at radius 1 is 1.20 bits per heavy atom. The standard InChI is InChI=1S/C16H27N3O/c1-15(2,3)11-16(4,5)19-14(20)18-13-8-6-7-12(9-13)10-17/h6-9H,10-11,17H2,1-5H3,(H2,18,19,20). The van der Waals surface area contributed by atoms with Crippen LogP contribution in [-0.4, -0.2) is 11.6 Å². The van der Waals surface area contributed by atoms with Gasteiger partial charge in [-0.2, -0.15) is 0 Å². The first-order chi connectivity index (χ1) is 9.11. The summed E-state index contributed by atoms with van der Waals surface area (Å²) < 4.78 is 0. The van der Waals surface area contributed by atoms with Crippen molar-refractivity contribution < 1.29 is 4.79 Å². The third kappa shape index (κ3) is 6.06. The first kappa shape index (κ1) is 16.5. The number of nitrogens with one attached hydrogen (secondary N) is 2. The van der Waals surface area contributed by atoms with Crippen molar-refractivity contribution in [2.45, 2.75) is 53.1 Å². The number of hydrogen-bond acceptors (Lipinski definition) is 2. The fraction of sp³-hybridized carbons (Fsp3) is 0.562. The summed E-state index contributed by atoms with van der Waals surface area (Å²) in [6.45, 7) is 11.0. The molecule has 0 aliphatic carbocycles. The van der Waals surface area contributed by atoms with Crippen LogP contribution in [0, 0.1) is 5.41 Å². The van der Waals surface area contributed by atoms with E-state index in [2.05, 4.69) is 31.4 Å². The molecule has 4 nitrogen and oxygen atoms in total. The van der Waals surface area contributed by atoms with Gasteiger partial charge in [-0.15, -0.1) is 0 Å². The molecule has 0 bridgehead atoms. The number of amides is 2. The van der Waals surface area contributed by atoms with Gasteiger partial charge in [-0.05, 0) is 43.4 Å². The molecule has 4 N–H and O–H groups in total.